The Labute approximate surface area is 177 Å². The van der Waals surface area contributed by atoms with Crippen LogP contribution in [-0.2, 0) is 7.05 Å². The van der Waals surface area contributed by atoms with E-state index in [2.05, 4.69) is 15.2 Å². The van der Waals surface area contributed by atoms with Crippen molar-refractivity contribution in [2.45, 2.75) is 19.0 Å². The second kappa shape index (κ2) is 8.23. The molecule has 3 heterocycles. The number of carbonyl (C=O) groups is 1. The van der Waals surface area contributed by atoms with Crippen LogP contribution in [-0.4, -0.2) is 35.9 Å². The van der Waals surface area contributed by atoms with Crippen molar-refractivity contribution in [1.82, 2.24) is 24.3 Å². The van der Waals surface area contributed by atoms with E-state index in [-0.39, 0.29) is 17.4 Å². The monoisotopic (exact) mass is 421 g/mol. The Kier molecular flexibility index (Phi) is 5.50. The number of ketones is 1. The highest BCUT2D eigenvalue weighted by atomic mass is 32.2. The molecule has 152 valence electrons. The summed E-state index contributed by atoms with van der Waals surface area (Å²) < 4.78 is 17.9. The molecule has 0 fully saturated rings. The van der Waals surface area contributed by atoms with E-state index in [0.717, 1.165) is 17.0 Å². The maximum atomic E-state index is 14.3. The third kappa shape index (κ3) is 3.66. The predicted molar refractivity (Wildman–Crippen MR) is 114 cm³/mol. The summed E-state index contributed by atoms with van der Waals surface area (Å²) in [4.78, 5) is 16.9. The van der Waals surface area contributed by atoms with Crippen molar-refractivity contribution >= 4 is 17.5 Å². The molecule has 4 aromatic rings. The van der Waals surface area contributed by atoms with E-state index in [4.69, 9.17) is 0 Å². The van der Waals surface area contributed by atoms with Crippen molar-refractivity contribution < 1.29 is 9.18 Å². The Morgan fingerprint density at radius 3 is 2.57 bits per heavy atom. The average Bonchev–Trinajstić information content (AvgIpc) is 3.26. The lowest BCUT2D eigenvalue weighted by atomic mass is 10.2. The lowest BCUT2D eigenvalue weighted by molar-refractivity contribution is 0.102. The Hall–Kier alpha value is -3.26. The first kappa shape index (κ1) is 20.0. The van der Waals surface area contributed by atoms with Gasteiger partial charge in [0, 0.05) is 42.0 Å². The fraction of sp³-hybridized carbons (Fsp3) is 0.182. The smallest absolute Gasteiger partial charge is 0.191 e. The second-order valence-corrected chi connectivity index (χ2v) is 7.83. The molecule has 3 aromatic heterocycles. The van der Waals surface area contributed by atoms with E-state index in [1.807, 2.05) is 43.7 Å². The predicted octanol–water partition coefficient (Wildman–Crippen LogP) is 4.40. The average molecular weight is 422 g/mol. The van der Waals surface area contributed by atoms with Gasteiger partial charge in [0.2, 0.25) is 0 Å². The van der Waals surface area contributed by atoms with E-state index in [0.29, 0.717) is 22.2 Å². The molecule has 0 saturated heterocycles. The summed E-state index contributed by atoms with van der Waals surface area (Å²) in [5, 5.41) is 9.09. The zero-order valence-corrected chi connectivity index (χ0v) is 17.7. The van der Waals surface area contributed by atoms with Gasteiger partial charge in [-0.05, 0) is 44.2 Å². The third-order valence-electron chi connectivity index (χ3n) is 4.93. The number of aromatic nitrogens is 5. The van der Waals surface area contributed by atoms with Crippen LogP contribution in [0.4, 0.5) is 4.39 Å². The van der Waals surface area contributed by atoms with Crippen molar-refractivity contribution in [3.8, 4) is 17.1 Å². The van der Waals surface area contributed by atoms with Gasteiger partial charge in [-0.3, -0.25) is 9.78 Å². The topological polar surface area (TPSA) is 65.6 Å². The van der Waals surface area contributed by atoms with E-state index in [9.17, 15) is 9.18 Å². The molecule has 6 nitrogen and oxygen atoms in total. The molecule has 0 saturated carbocycles. The van der Waals surface area contributed by atoms with Crippen LogP contribution in [0.1, 0.15) is 21.7 Å². The van der Waals surface area contributed by atoms with E-state index >= 15 is 0 Å². The van der Waals surface area contributed by atoms with Gasteiger partial charge in [0.05, 0.1) is 11.4 Å². The molecule has 0 spiro atoms. The Morgan fingerprint density at radius 1 is 1.10 bits per heavy atom. The van der Waals surface area contributed by atoms with Gasteiger partial charge in [-0.15, -0.1) is 10.2 Å². The molecule has 0 amide bonds. The molecular weight excluding hydrogens is 401 g/mol. The minimum Gasteiger partial charge on any atom is -0.315 e. The van der Waals surface area contributed by atoms with E-state index < -0.39 is 0 Å². The van der Waals surface area contributed by atoms with Crippen LogP contribution in [0.5, 0.6) is 0 Å². The lowest BCUT2D eigenvalue weighted by Gasteiger charge is -2.10. The molecule has 0 atom stereocenters. The summed E-state index contributed by atoms with van der Waals surface area (Å²) >= 11 is 1.33. The summed E-state index contributed by atoms with van der Waals surface area (Å²) in [5.74, 6) is 0.564. The van der Waals surface area contributed by atoms with Crippen LogP contribution >= 0.6 is 11.8 Å². The maximum Gasteiger partial charge on any atom is 0.191 e. The molecule has 0 aliphatic rings. The molecule has 0 aliphatic carbocycles. The van der Waals surface area contributed by atoms with Crippen molar-refractivity contribution in [1.29, 1.82) is 0 Å². The van der Waals surface area contributed by atoms with Crippen molar-refractivity contribution in [3.63, 3.8) is 0 Å². The number of rotatable bonds is 6. The van der Waals surface area contributed by atoms with Gasteiger partial charge in [0.15, 0.2) is 16.8 Å². The Bertz CT molecular complexity index is 1220. The number of hydrogen-bond acceptors (Lipinski definition) is 5. The van der Waals surface area contributed by atoms with Crippen LogP contribution in [0.2, 0.25) is 0 Å². The van der Waals surface area contributed by atoms with E-state index in [1.54, 1.807) is 35.2 Å². The standard InChI is InChI=1S/C22H20FN5OS/c1-14-12-17(15(2)28(14)19-7-5-4-6-18(19)23)20(29)13-30-22-26-25-21(27(22)3)16-8-10-24-11-9-16/h4-12H,13H2,1-3H3. The summed E-state index contributed by atoms with van der Waals surface area (Å²) in [6.45, 7) is 3.70. The van der Waals surface area contributed by atoms with Gasteiger partial charge in [0.1, 0.15) is 5.82 Å². The highest BCUT2D eigenvalue weighted by molar-refractivity contribution is 7.99. The second-order valence-electron chi connectivity index (χ2n) is 6.88. The van der Waals surface area contributed by atoms with Gasteiger partial charge >= 0.3 is 0 Å². The molecule has 0 aliphatic heterocycles. The number of pyridine rings is 1. The zero-order chi connectivity index (χ0) is 21.3. The number of nitrogens with zero attached hydrogens (tertiary/aromatic N) is 5. The minimum atomic E-state index is -0.324. The number of para-hydroxylation sites is 1. The van der Waals surface area contributed by atoms with Gasteiger partial charge in [-0.2, -0.15) is 0 Å². The molecule has 0 unspecified atom stereocenters. The number of halogens is 1. The fourth-order valence-electron chi connectivity index (χ4n) is 3.45. The zero-order valence-electron chi connectivity index (χ0n) is 16.8. The van der Waals surface area contributed by atoms with Crippen LogP contribution in [0.25, 0.3) is 17.1 Å². The molecule has 0 N–H and O–H groups in total. The highest BCUT2D eigenvalue weighted by Gasteiger charge is 2.20. The summed E-state index contributed by atoms with van der Waals surface area (Å²) in [5.41, 5.74) is 3.46. The van der Waals surface area contributed by atoms with Crippen LogP contribution in [0.3, 0.4) is 0 Å². The van der Waals surface area contributed by atoms with Crippen molar-refractivity contribution in [2.75, 3.05) is 5.75 Å². The number of aryl methyl sites for hydroxylation is 1. The fourth-order valence-corrected chi connectivity index (χ4v) is 4.24. The Balaban J connectivity index is 1.54. The molecule has 4 rings (SSSR count). The third-order valence-corrected chi connectivity index (χ3v) is 5.95. The summed E-state index contributed by atoms with van der Waals surface area (Å²) in [6.07, 6.45) is 3.40. The van der Waals surface area contributed by atoms with Crippen LogP contribution in [0, 0.1) is 19.7 Å². The quantitative estimate of drug-likeness (QED) is 0.341. The molecule has 0 bridgehead atoms. The van der Waals surface area contributed by atoms with Gasteiger partial charge in [0.25, 0.3) is 0 Å². The normalized spacial score (nSPS) is 11.1. The van der Waals surface area contributed by atoms with E-state index in [1.165, 1.54) is 17.8 Å². The number of thioether (sulfide) groups is 1. The number of carbonyl (C=O) groups excluding carboxylic acids is 1. The molecule has 30 heavy (non-hydrogen) atoms. The minimum absolute atomic E-state index is 0.0378. The summed E-state index contributed by atoms with van der Waals surface area (Å²) in [6, 6.07) is 12.1. The molecular formula is C22H20FN5OS. The maximum absolute atomic E-state index is 14.3. The number of hydrogen-bond donors (Lipinski definition) is 0. The van der Waals surface area contributed by atoms with Gasteiger partial charge in [-0.25, -0.2) is 4.39 Å². The van der Waals surface area contributed by atoms with Crippen LogP contribution < -0.4 is 0 Å². The lowest BCUT2D eigenvalue weighted by Crippen LogP contribution is -2.07. The first-order chi connectivity index (χ1) is 14.5. The molecule has 1 aromatic carbocycles. The number of benzene rings is 1. The molecule has 8 heteroatoms. The van der Waals surface area contributed by atoms with Crippen LogP contribution in [0.15, 0.2) is 60.0 Å². The largest absolute Gasteiger partial charge is 0.315 e. The molecule has 0 radical (unpaired) electrons. The first-order valence-corrected chi connectivity index (χ1v) is 10.4. The first-order valence-electron chi connectivity index (χ1n) is 9.37. The van der Waals surface area contributed by atoms with Crippen molar-refractivity contribution in [2.24, 2.45) is 7.05 Å². The van der Waals surface area contributed by atoms with Gasteiger partial charge in [-0.1, -0.05) is 23.9 Å². The number of Topliss-reactive ketones (excluding diaryl/α,β-unsaturated/α-hetero) is 1. The SMILES string of the molecule is Cc1cc(C(=O)CSc2nnc(-c3ccncc3)n2C)c(C)n1-c1ccccc1F. The summed E-state index contributed by atoms with van der Waals surface area (Å²) in [7, 11) is 1.87. The van der Waals surface area contributed by atoms with Crippen molar-refractivity contribution in [3.05, 3.63) is 77.6 Å². The van der Waals surface area contributed by atoms with Gasteiger partial charge < -0.3 is 9.13 Å². The Morgan fingerprint density at radius 2 is 1.83 bits per heavy atom. The highest BCUT2D eigenvalue weighted by Crippen LogP contribution is 2.26.